The van der Waals surface area contributed by atoms with Gasteiger partial charge in [0.1, 0.15) is 0 Å². The van der Waals surface area contributed by atoms with E-state index in [1.54, 1.807) is 17.0 Å². The molecule has 1 saturated heterocycles. The average molecular weight is 365 g/mol. The van der Waals surface area contributed by atoms with Gasteiger partial charge in [0.05, 0.1) is 4.90 Å². The molecular formula is C17H23N3O4S. The monoisotopic (exact) mass is 365 g/mol. The fourth-order valence-electron chi connectivity index (χ4n) is 2.67. The quantitative estimate of drug-likeness (QED) is 0.744. The molecule has 0 radical (unpaired) electrons. The summed E-state index contributed by atoms with van der Waals surface area (Å²) in [5.41, 5.74) is 0.543. The zero-order valence-corrected chi connectivity index (χ0v) is 15.0. The highest BCUT2D eigenvalue weighted by Crippen LogP contribution is 2.20. The minimum absolute atomic E-state index is 0.0284. The number of amides is 2. The SMILES string of the molecule is C=CCNS(=O)(=O)c1ccc(NC(=O)C2CCN(C(C)=O)CC2)cc1. The molecule has 0 aliphatic carbocycles. The molecule has 0 atom stereocenters. The summed E-state index contributed by atoms with van der Waals surface area (Å²) in [6, 6.07) is 6.01. The van der Waals surface area contributed by atoms with Crippen LogP contribution in [0, 0.1) is 5.92 Å². The lowest BCUT2D eigenvalue weighted by Crippen LogP contribution is -2.40. The van der Waals surface area contributed by atoms with Crippen LogP contribution in [0.15, 0.2) is 41.8 Å². The number of likely N-dealkylation sites (tertiary alicyclic amines) is 1. The summed E-state index contributed by atoms with van der Waals surface area (Å²) < 4.78 is 26.3. The molecule has 25 heavy (non-hydrogen) atoms. The second-order valence-corrected chi connectivity index (χ2v) is 7.70. The number of carbonyl (C=O) groups is 2. The normalized spacial score (nSPS) is 15.6. The van der Waals surface area contributed by atoms with Gasteiger partial charge in [0, 0.05) is 38.2 Å². The van der Waals surface area contributed by atoms with Crippen molar-refractivity contribution >= 4 is 27.5 Å². The number of anilines is 1. The van der Waals surface area contributed by atoms with Gasteiger partial charge in [-0.25, -0.2) is 13.1 Å². The van der Waals surface area contributed by atoms with Crippen LogP contribution in [-0.4, -0.2) is 44.8 Å². The van der Waals surface area contributed by atoms with Crippen LogP contribution in [0.5, 0.6) is 0 Å². The maximum absolute atomic E-state index is 12.3. The predicted octanol–water partition coefficient (Wildman–Crippen LogP) is 1.35. The van der Waals surface area contributed by atoms with E-state index in [1.165, 1.54) is 25.1 Å². The lowest BCUT2D eigenvalue weighted by molar-refractivity contribution is -0.132. The lowest BCUT2D eigenvalue weighted by atomic mass is 9.96. The fourth-order valence-corrected chi connectivity index (χ4v) is 3.67. The minimum atomic E-state index is -3.57. The van der Waals surface area contributed by atoms with E-state index < -0.39 is 10.0 Å². The minimum Gasteiger partial charge on any atom is -0.343 e. The first-order chi connectivity index (χ1) is 11.8. The van der Waals surface area contributed by atoms with Gasteiger partial charge in [-0.15, -0.1) is 6.58 Å². The van der Waals surface area contributed by atoms with Crippen molar-refractivity contribution in [3.63, 3.8) is 0 Å². The molecule has 0 saturated carbocycles. The Hall–Kier alpha value is -2.19. The molecule has 2 N–H and O–H groups in total. The van der Waals surface area contributed by atoms with Crippen molar-refractivity contribution in [2.24, 2.45) is 5.92 Å². The summed E-state index contributed by atoms with van der Waals surface area (Å²) in [6.07, 6.45) is 2.72. The Morgan fingerprint density at radius 2 is 1.84 bits per heavy atom. The van der Waals surface area contributed by atoms with Crippen molar-refractivity contribution in [1.29, 1.82) is 0 Å². The van der Waals surface area contributed by atoms with Crippen LogP contribution in [-0.2, 0) is 19.6 Å². The molecular weight excluding hydrogens is 342 g/mol. The van der Waals surface area contributed by atoms with E-state index in [4.69, 9.17) is 0 Å². The first-order valence-electron chi connectivity index (χ1n) is 8.10. The second kappa shape index (κ2) is 8.26. The predicted molar refractivity (Wildman–Crippen MR) is 95.4 cm³/mol. The summed E-state index contributed by atoms with van der Waals surface area (Å²) in [7, 11) is -3.57. The van der Waals surface area contributed by atoms with Crippen molar-refractivity contribution in [3.05, 3.63) is 36.9 Å². The van der Waals surface area contributed by atoms with Gasteiger partial charge in [0.2, 0.25) is 21.8 Å². The Bertz CT molecular complexity index is 736. The number of hydrogen-bond donors (Lipinski definition) is 2. The zero-order valence-electron chi connectivity index (χ0n) is 14.2. The van der Waals surface area contributed by atoms with Crippen molar-refractivity contribution in [2.75, 3.05) is 25.0 Å². The topological polar surface area (TPSA) is 95.6 Å². The molecule has 0 bridgehead atoms. The third-order valence-corrected chi connectivity index (χ3v) is 5.60. The van der Waals surface area contributed by atoms with Gasteiger partial charge >= 0.3 is 0 Å². The highest BCUT2D eigenvalue weighted by atomic mass is 32.2. The largest absolute Gasteiger partial charge is 0.343 e. The van der Waals surface area contributed by atoms with Crippen LogP contribution in [0.25, 0.3) is 0 Å². The molecule has 1 aromatic rings. The molecule has 2 amide bonds. The molecule has 0 aromatic heterocycles. The average Bonchev–Trinajstić information content (AvgIpc) is 2.60. The zero-order chi connectivity index (χ0) is 18.4. The maximum atomic E-state index is 12.3. The summed E-state index contributed by atoms with van der Waals surface area (Å²) in [5, 5.41) is 2.80. The highest BCUT2D eigenvalue weighted by molar-refractivity contribution is 7.89. The van der Waals surface area contributed by atoms with E-state index in [0.717, 1.165) is 0 Å². The Balaban J connectivity index is 1.94. The van der Waals surface area contributed by atoms with E-state index >= 15 is 0 Å². The van der Waals surface area contributed by atoms with E-state index in [0.29, 0.717) is 31.6 Å². The molecule has 8 heteroatoms. The number of nitrogens with one attached hydrogen (secondary N) is 2. The van der Waals surface area contributed by atoms with E-state index in [-0.39, 0.29) is 29.2 Å². The van der Waals surface area contributed by atoms with Gasteiger partial charge in [-0.3, -0.25) is 9.59 Å². The van der Waals surface area contributed by atoms with Crippen LogP contribution in [0.2, 0.25) is 0 Å². The Kier molecular flexibility index (Phi) is 6.33. The standard InChI is InChI=1S/C17H23N3O4S/c1-3-10-18-25(23,24)16-6-4-15(5-7-16)19-17(22)14-8-11-20(12-9-14)13(2)21/h3-7,14,18H,1,8-12H2,2H3,(H,19,22). The van der Waals surface area contributed by atoms with Crippen LogP contribution >= 0.6 is 0 Å². The Morgan fingerprint density at radius 1 is 1.24 bits per heavy atom. The number of carbonyl (C=O) groups excluding carboxylic acids is 2. The van der Waals surface area contributed by atoms with Crippen LogP contribution in [0.4, 0.5) is 5.69 Å². The molecule has 2 rings (SSSR count). The van der Waals surface area contributed by atoms with Crippen LogP contribution < -0.4 is 10.0 Å². The maximum Gasteiger partial charge on any atom is 0.240 e. The molecule has 0 unspecified atom stereocenters. The number of piperidine rings is 1. The van der Waals surface area contributed by atoms with Gasteiger partial charge in [-0.1, -0.05) is 6.08 Å². The van der Waals surface area contributed by atoms with Gasteiger partial charge in [-0.05, 0) is 37.1 Å². The molecule has 1 fully saturated rings. The molecule has 136 valence electrons. The molecule has 0 spiro atoms. The second-order valence-electron chi connectivity index (χ2n) is 5.93. The van der Waals surface area contributed by atoms with Crippen molar-refractivity contribution in [1.82, 2.24) is 9.62 Å². The van der Waals surface area contributed by atoms with Crippen LogP contribution in [0.1, 0.15) is 19.8 Å². The van der Waals surface area contributed by atoms with Crippen molar-refractivity contribution in [2.45, 2.75) is 24.7 Å². The number of sulfonamides is 1. The van der Waals surface area contributed by atoms with Gasteiger partial charge in [0.25, 0.3) is 0 Å². The summed E-state index contributed by atoms with van der Waals surface area (Å²) in [5.74, 6) is -0.224. The first kappa shape index (κ1) is 19.1. The Morgan fingerprint density at radius 3 is 2.36 bits per heavy atom. The highest BCUT2D eigenvalue weighted by Gasteiger charge is 2.26. The van der Waals surface area contributed by atoms with Crippen LogP contribution in [0.3, 0.4) is 0 Å². The molecule has 1 aliphatic heterocycles. The molecule has 1 aliphatic rings. The van der Waals surface area contributed by atoms with Gasteiger partial charge < -0.3 is 10.2 Å². The number of benzene rings is 1. The van der Waals surface area contributed by atoms with Crippen molar-refractivity contribution in [3.8, 4) is 0 Å². The number of hydrogen-bond acceptors (Lipinski definition) is 4. The number of nitrogens with zero attached hydrogens (tertiary/aromatic N) is 1. The van der Waals surface area contributed by atoms with Crippen molar-refractivity contribution < 1.29 is 18.0 Å². The smallest absolute Gasteiger partial charge is 0.240 e. The summed E-state index contributed by atoms with van der Waals surface area (Å²) in [6.45, 7) is 6.31. The summed E-state index contributed by atoms with van der Waals surface area (Å²) >= 11 is 0. The third-order valence-electron chi connectivity index (χ3n) is 4.16. The number of rotatable bonds is 6. The van der Waals surface area contributed by atoms with E-state index in [2.05, 4.69) is 16.6 Å². The molecule has 1 heterocycles. The van der Waals surface area contributed by atoms with E-state index in [9.17, 15) is 18.0 Å². The summed E-state index contributed by atoms with van der Waals surface area (Å²) in [4.78, 5) is 25.5. The molecule has 1 aromatic carbocycles. The van der Waals surface area contributed by atoms with E-state index in [1.807, 2.05) is 0 Å². The first-order valence-corrected chi connectivity index (χ1v) is 9.59. The lowest BCUT2D eigenvalue weighted by Gasteiger charge is -2.30. The van der Waals surface area contributed by atoms with Gasteiger partial charge in [-0.2, -0.15) is 0 Å². The third kappa shape index (κ3) is 5.14. The molecule has 7 nitrogen and oxygen atoms in total. The Labute approximate surface area is 148 Å². The van der Waals surface area contributed by atoms with Gasteiger partial charge in [0.15, 0.2) is 0 Å². The fraction of sp³-hybridized carbons (Fsp3) is 0.412.